The second kappa shape index (κ2) is 9.08. The van der Waals surface area contributed by atoms with E-state index >= 15 is 0 Å². The van der Waals surface area contributed by atoms with Gasteiger partial charge < -0.3 is 14.8 Å². The SMILES string of the molecule is CCOC(=O)c1c(NC(=O)COC(=O)C[C@@H]2C[C@H]3CC[C@H]2C3)sc2c1CC[C@@H](C)C2. The normalized spacial score (nSPS) is 26.9. The number of amides is 1. The number of rotatable bonds is 7. The van der Waals surface area contributed by atoms with Crippen molar-refractivity contribution in [3.05, 3.63) is 16.0 Å². The van der Waals surface area contributed by atoms with E-state index in [1.807, 2.05) is 0 Å². The lowest BCUT2D eigenvalue weighted by Crippen LogP contribution is -2.23. The first-order chi connectivity index (χ1) is 14.4. The minimum Gasteiger partial charge on any atom is -0.462 e. The molecule has 2 bridgehead atoms. The maximum Gasteiger partial charge on any atom is 0.341 e. The molecule has 2 fully saturated rings. The molecule has 1 aromatic heterocycles. The summed E-state index contributed by atoms with van der Waals surface area (Å²) in [4.78, 5) is 38.3. The Morgan fingerprint density at radius 2 is 1.97 bits per heavy atom. The number of nitrogens with one attached hydrogen (secondary N) is 1. The third-order valence-electron chi connectivity index (χ3n) is 6.92. The highest BCUT2D eigenvalue weighted by Gasteiger charge is 2.40. The number of anilines is 1. The van der Waals surface area contributed by atoms with E-state index in [4.69, 9.17) is 9.47 Å². The van der Waals surface area contributed by atoms with Crippen LogP contribution in [0, 0.1) is 23.7 Å². The van der Waals surface area contributed by atoms with E-state index in [9.17, 15) is 14.4 Å². The van der Waals surface area contributed by atoms with E-state index in [2.05, 4.69) is 12.2 Å². The van der Waals surface area contributed by atoms with Crippen LogP contribution in [-0.4, -0.2) is 31.1 Å². The van der Waals surface area contributed by atoms with Gasteiger partial charge in [0, 0.05) is 11.3 Å². The summed E-state index contributed by atoms with van der Waals surface area (Å²) in [6.45, 7) is 3.93. The van der Waals surface area contributed by atoms with Gasteiger partial charge >= 0.3 is 11.9 Å². The second-order valence-corrected chi connectivity index (χ2v) is 10.2. The van der Waals surface area contributed by atoms with Gasteiger partial charge in [0.15, 0.2) is 6.61 Å². The van der Waals surface area contributed by atoms with Crippen LogP contribution < -0.4 is 5.32 Å². The van der Waals surface area contributed by atoms with Crippen molar-refractivity contribution in [1.82, 2.24) is 0 Å². The molecule has 4 rings (SSSR count). The molecule has 6 nitrogen and oxygen atoms in total. The Bertz CT molecular complexity index is 832. The second-order valence-electron chi connectivity index (χ2n) is 9.12. The molecule has 7 heteroatoms. The summed E-state index contributed by atoms with van der Waals surface area (Å²) in [7, 11) is 0. The number of ether oxygens (including phenoxy) is 2. The molecule has 3 aliphatic carbocycles. The van der Waals surface area contributed by atoms with E-state index in [1.165, 1.54) is 30.6 Å². The van der Waals surface area contributed by atoms with Gasteiger partial charge in [0.25, 0.3) is 5.91 Å². The molecule has 0 spiro atoms. The third-order valence-corrected chi connectivity index (χ3v) is 8.09. The number of hydrogen-bond donors (Lipinski definition) is 1. The molecule has 1 aromatic rings. The molecule has 1 heterocycles. The van der Waals surface area contributed by atoms with Crippen LogP contribution in [0.3, 0.4) is 0 Å². The maximum absolute atomic E-state index is 12.5. The molecule has 164 valence electrons. The monoisotopic (exact) mass is 433 g/mol. The molecule has 4 atom stereocenters. The number of hydrogen-bond acceptors (Lipinski definition) is 6. The van der Waals surface area contributed by atoms with Crippen molar-refractivity contribution in [3.63, 3.8) is 0 Å². The zero-order valence-electron chi connectivity index (χ0n) is 17.8. The van der Waals surface area contributed by atoms with Crippen molar-refractivity contribution in [2.45, 2.75) is 65.2 Å². The Labute approximate surface area is 181 Å². The number of carbonyl (C=O) groups excluding carboxylic acids is 3. The first-order valence-electron chi connectivity index (χ1n) is 11.2. The molecule has 0 aromatic carbocycles. The van der Waals surface area contributed by atoms with E-state index in [0.29, 0.717) is 34.7 Å². The van der Waals surface area contributed by atoms with Crippen LogP contribution in [-0.2, 0) is 31.9 Å². The van der Waals surface area contributed by atoms with E-state index in [0.717, 1.165) is 42.0 Å². The lowest BCUT2D eigenvalue weighted by molar-refractivity contribution is -0.148. The maximum atomic E-state index is 12.5. The van der Waals surface area contributed by atoms with Crippen LogP contribution in [0.5, 0.6) is 0 Å². The van der Waals surface area contributed by atoms with Crippen LogP contribution in [0.15, 0.2) is 0 Å². The predicted octanol–water partition coefficient (Wildman–Crippen LogP) is 4.36. The first kappa shape index (κ1) is 21.3. The lowest BCUT2D eigenvalue weighted by atomic mass is 9.86. The quantitative estimate of drug-likeness (QED) is 0.646. The van der Waals surface area contributed by atoms with Gasteiger partial charge in [0.1, 0.15) is 5.00 Å². The zero-order chi connectivity index (χ0) is 21.3. The fraction of sp³-hybridized carbons (Fsp3) is 0.696. The molecular formula is C23H31NO5S. The Morgan fingerprint density at radius 3 is 2.67 bits per heavy atom. The highest BCUT2D eigenvalue weighted by molar-refractivity contribution is 7.17. The van der Waals surface area contributed by atoms with Crippen LogP contribution in [0.2, 0.25) is 0 Å². The van der Waals surface area contributed by atoms with Gasteiger partial charge in [-0.3, -0.25) is 9.59 Å². The van der Waals surface area contributed by atoms with Gasteiger partial charge in [-0.1, -0.05) is 13.3 Å². The summed E-state index contributed by atoms with van der Waals surface area (Å²) >= 11 is 1.44. The van der Waals surface area contributed by atoms with Crippen LogP contribution >= 0.6 is 11.3 Å². The molecular weight excluding hydrogens is 402 g/mol. The summed E-state index contributed by atoms with van der Waals surface area (Å²) in [5, 5.41) is 3.31. The van der Waals surface area contributed by atoms with Gasteiger partial charge in [-0.05, 0) is 74.7 Å². The summed E-state index contributed by atoms with van der Waals surface area (Å²) in [6.07, 6.45) is 8.03. The van der Waals surface area contributed by atoms with Gasteiger partial charge in [-0.2, -0.15) is 0 Å². The molecule has 0 unspecified atom stereocenters. The zero-order valence-corrected chi connectivity index (χ0v) is 18.6. The third kappa shape index (κ3) is 4.56. The van der Waals surface area contributed by atoms with Crippen molar-refractivity contribution >= 4 is 34.2 Å². The average molecular weight is 434 g/mol. The standard InChI is InChI=1S/C23H31NO5S/c1-3-28-23(27)21-17-7-4-13(2)8-18(17)30-22(21)24-19(25)12-29-20(26)11-16-10-14-5-6-15(16)9-14/h13-16H,3-12H2,1-2H3,(H,24,25)/t13-,14+,15+,16+/m1/s1. The first-order valence-corrected chi connectivity index (χ1v) is 12.0. The predicted molar refractivity (Wildman–Crippen MR) is 115 cm³/mol. The van der Waals surface area contributed by atoms with Gasteiger partial charge in [-0.25, -0.2) is 4.79 Å². The van der Waals surface area contributed by atoms with Crippen LogP contribution in [0.4, 0.5) is 5.00 Å². The summed E-state index contributed by atoms with van der Waals surface area (Å²) in [5.41, 5.74) is 1.48. The number of fused-ring (bicyclic) bond motifs is 3. The average Bonchev–Trinajstić information content (AvgIpc) is 3.40. The summed E-state index contributed by atoms with van der Waals surface area (Å²) < 4.78 is 10.5. The molecule has 1 N–H and O–H groups in total. The largest absolute Gasteiger partial charge is 0.462 e. The van der Waals surface area contributed by atoms with Crippen molar-refractivity contribution in [3.8, 4) is 0 Å². The topological polar surface area (TPSA) is 81.7 Å². The molecule has 30 heavy (non-hydrogen) atoms. The van der Waals surface area contributed by atoms with Crippen LogP contribution in [0.1, 0.15) is 73.2 Å². The lowest BCUT2D eigenvalue weighted by Gasteiger charge is -2.20. The number of esters is 2. The minimum atomic E-state index is -0.409. The molecule has 0 aliphatic heterocycles. The molecule has 0 saturated heterocycles. The van der Waals surface area contributed by atoms with Gasteiger partial charge in [-0.15, -0.1) is 11.3 Å². The van der Waals surface area contributed by atoms with E-state index in [-0.39, 0.29) is 19.2 Å². The van der Waals surface area contributed by atoms with Crippen LogP contribution in [0.25, 0.3) is 0 Å². The van der Waals surface area contributed by atoms with E-state index in [1.54, 1.807) is 6.92 Å². The summed E-state index contributed by atoms with van der Waals surface area (Å²) in [5.74, 6) is 1.31. The minimum absolute atomic E-state index is 0.286. The van der Waals surface area contributed by atoms with Crippen molar-refractivity contribution < 1.29 is 23.9 Å². The van der Waals surface area contributed by atoms with Crippen molar-refractivity contribution in [1.29, 1.82) is 0 Å². The molecule has 2 saturated carbocycles. The highest BCUT2D eigenvalue weighted by atomic mass is 32.1. The fourth-order valence-electron chi connectivity index (χ4n) is 5.47. The Hall–Kier alpha value is -1.89. The Balaban J connectivity index is 1.35. The Kier molecular flexibility index (Phi) is 6.46. The van der Waals surface area contributed by atoms with Gasteiger partial charge in [0.05, 0.1) is 12.2 Å². The van der Waals surface area contributed by atoms with E-state index < -0.39 is 11.9 Å². The highest BCUT2D eigenvalue weighted by Crippen LogP contribution is 2.49. The Morgan fingerprint density at radius 1 is 1.13 bits per heavy atom. The molecule has 1 amide bonds. The van der Waals surface area contributed by atoms with Gasteiger partial charge in [0.2, 0.25) is 0 Å². The number of thiophene rings is 1. The summed E-state index contributed by atoms with van der Waals surface area (Å²) in [6, 6.07) is 0. The fourth-order valence-corrected chi connectivity index (χ4v) is 6.88. The number of carbonyl (C=O) groups is 3. The van der Waals surface area contributed by atoms with Crippen molar-refractivity contribution in [2.24, 2.45) is 23.7 Å². The molecule has 3 aliphatic rings. The van der Waals surface area contributed by atoms with Crippen molar-refractivity contribution in [2.75, 3.05) is 18.5 Å². The molecule has 0 radical (unpaired) electrons. The smallest absolute Gasteiger partial charge is 0.341 e.